The fourth-order valence-electron chi connectivity index (χ4n) is 2.61. The van der Waals surface area contributed by atoms with Gasteiger partial charge in [0.2, 0.25) is 0 Å². The van der Waals surface area contributed by atoms with Crippen molar-refractivity contribution in [1.29, 1.82) is 0 Å². The van der Waals surface area contributed by atoms with Gasteiger partial charge in [0.05, 0.1) is 6.04 Å². The van der Waals surface area contributed by atoms with Crippen molar-refractivity contribution < 1.29 is 8.78 Å². The molecule has 1 aromatic carbocycles. The summed E-state index contributed by atoms with van der Waals surface area (Å²) in [5.41, 5.74) is 0.0581. The topological polar surface area (TPSA) is 44.6 Å². The summed E-state index contributed by atoms with van der Waals surface area (Å²) in [6.07, 6.45) is 3.97. The van der Waals surface area contributed by atoms with Crippen molar-refractivity contribution in [2.75, 3.05) is 34.2 Å². The minimum atomic E-state index is -0.545. The summed E-state index contributed by atoms with van der Waals surface area (Å²) in [6, 6.07) is 7.41. The van der Waals surface area contributed by atoms with Crippen LogP contribution in [0.15, 0.2) is 47.7 Å². The molecule has 0 saturated heterocycles. The molecule has 0 amide bonds. The first-order valence-corrected chi connectivity index (χ1v) is 8.18. The highest BCUT2D eigenvalue weighted by molar-refractivity contribution is 14.0. The molecule has 2 rings (SSSR count). The molecular formula is C18H26F2IN5. The molecule has 5 nitrogen and oxygen atoms in total. The lowest BCUT2D eigenvalue weighted by Gasteiger charge is -2.26. The van der Waals surface area contributed by atoms with Crippen molar-refractivity contribution in [3.05, 3.63) is 59.9 Å². The third-order valence-corrected chi connectivity index (χ3v) is 3.97. The van der Waals surface area contributed by atoms with Gasteiger partial charge in [-0.3, -0.25) is 4.99 Å². The predicted molar refractivity (Wildman–Crippen MR) is 112 cm³/mol. The number of hydrogen-bond donors (Lipinski definition) is 2. The number of aliphatic imine (C=N–C) groups is 1. The molecule has 0 aliphatic rings. The molecule has 2 aromatic rings. The van der Waals surface area contributed by atoms with Crippen molar-refractivity contribution in [1.82, 2.24) is 20.1 Å². The fraction of sp³-hybridized carbons (Fsp3) is 0.389. The van der Waals surface area contributed by atoms with Crippen molar-refractivity contribution in [3.8, 4) is 0 Å². The predicted octanol–water partition coefficient (Wildman–Crippen LogP) is 2.85. The lowest BCUT2D eigenvalue weighted by Crippen LogP contribution is -2.43. The lowest BCUT2D eigenvalue weighted by atomic mass is 10.0. The maximum atomic E-state index is 14.1. The van der Waals surface area contributed by atoms with Crippen LogP contribution in [-0.4, -0.2) is 49.7 Å². The molecule has 144 valence electrons. The molecule has 0 spiro atoms. The molecule has 0 aliphatic heterocycles. The van der Waals surface area contributed by atoms with Gasteiger partial charge in [-0.1, -0.05) is 6.07 Å². The largest absolute Gasteiger partial charge is 0.355 e. The van der Waals surface area contributed by atoms with E-state index in [1.165, 1.54) is 18.2 Å². The molecule has 0 fully saturated rings. The number of nitrogens with zero attached hydrogens (tertiary/aromatic N) is 3. The van der Waals surface area contributed by atoms with Gasteiger partial charge in [0.15, 0.2) is 5.96 Å². The third kappa shape index (κ3) is 6.24. The van der Waals surface area contributed by atoms with Crippen LogP contribution in [0.25, 0.3) is 0 Å². The minimum absolute atomic E-state index is 0. The van der Waals surface area contributed by atoms with Crippen LogP contribution in [0, 0.1) is 11.6 Å². The maximum absolute atomic E-state index is 14.1. The highest BCUT2D eigenvalue weighted by atomic mass is 127. The first-order chi connectivity index (χ1) is 12.0. The Kier molecular flexibility index (Phi) is 9.57. The number of hydrogen-bond acceptors (Lipinski definition) is 2. The van der Waals surface area contributed by atoms with Crippen molar-refractivity contribution >= 4 is 29.9 Å². The number of halogens is 3. The van der Waals surface area contributed by atoms with Crippen LogP contribution in [-0.2, 0) is 6.54 Å². The third-order valence-electron chi connectivity index (χ3n) is 3.97. The molecule has 1 atom stereocenters. The molecule has 0 bridgehead atoms. The molecule has 1 heterocycles. The van der Waals surface area contributed by atoms with Gasteiger partial charge in [-0.15, -0.1) is 24.0 Å². The molecule has 26 heavy (non-hydrogen) atoms. The van der Waals surface area contributed by atoms with E-state index in [1.54, 1.807) is 26.0 Å². The van der Waals surface area contributed by atoms with Crippen LogP contribution in [0.2, 0.25) is 0 Å². The molecule has 0 saturated carbocycles. The Labute approximate surface area is 170 Å². The Hall–Kier alpha value is -1.68. The van der Waals surface area contributed by atoms with Crippen LogP contribution in [0.4, 0.5) is 8.78 Å². The second-order valence-corrected chi connectivity index (χ2v) is 5.92. The number of rotatable bonds is 7. The van der Waals surface area contributed by atoms with Crippen LogP contribution in [0.5, 0.6) is 0 Å². The van der Waals surface area contributed by atoms with E-state index in [0.29, 0.717) is 19.0 Å². The van der Waals surface area contributed by atoms with Crippen LogP contribution in [0.3, 0.4) is 0 Å². The Morgan fingerprint density at radius 3 is 2.27 bits per heavy atom. The number of nitrogens with one attached hydrogen (secondary N) is 2. The number of likely N-dealkylation sites (N-methyl/N-ethyl adjacent to an activating group) is 1. The minimum Gasteiger partial charge on any atom is -0.355 e. The van der Waals surface area contributed by atoms with Crippen LogP contribution < -0.4 is 10.6 Å². The lowest BCUT2D eigenvalue weighted by molar-refractivity contribution is 0.282. The molecule has 1 unspecified atom stereocenters. The maximum Gasteiger partial charge on any atom is 0.191 e. The van der Waals surface area contributed by atoms with E-state index in [4.69, 9.17) is 0 Å². The highest BCUT2D eigenvalue weighted by Gasteiger charge is 2.22. The highest BCUT2D eigenvalue weighted by Crippen LogP contribution is 2.23. The fourth-order valence-corrected chi connectivity index (χ4v) is 2.61. The van der Waals surface area contributed by atoms with Gasteiger partial charge in [0.25, 0.3) is 0 Å². The monoisotopic (exact) mass is 477 g/mol. The van der Waals surface area contributed by atoms with Gasteiger partial charge >= 0.3 is 0 Å². The van der Waals surface area contributed by atoms with E-state index in [2.05, 4.69) is 20.2 Å². The van der Waals surface area contributed by atoms with Gasteiger partial charge in [0, 0.05) is 44.6 Å². The smallest absolute Gasteiger partial charge is 0.191 e. The molecular weight excluding hydrogens is 451 g/mol. The summed E-state index contributed by atoms with van der Waals surface area (Å²) in [7, 11) is 5.25. The number of guanidine groups is 1. The van der Waals surface area contributed by atoms with Crippen LogP contribution >= 0.6 is 24.0 Å². The number of benzene rings is 1. The van der Waals surface area contributed by atoms with E-state index in [-0.39, 0.29) is 29.5 Å². The van der Waals surface area contributed by atoms with Crippen LogP contribution in [0.1, 0.15) is 11.6 Å². The van der Waals surface area contributed by atoms with E-state index in [9.17, 15) is 8.78 Å². The average molecular weight is 477 g/mol. The second kappa shape index (κ2) is 11.1. The van der Waals surface area contributed by atoms with Gasteiger partial charge in [0.1, 0.15) is 11.6 Å². The standard InChI is InChI=1S/C18H25F2N5.HI/c1-21-18(22-9-12-25-10-4-5-11-25)23-13-16(24(2)3)17-14(19)7-6-8-15(17)20;/h4-8,10-11,16H,9,12-13H2,1-3H3,(H2,21,22,23);1H. The Morgan fingerprint density at radius 2 is 1.73 bits per heavy atom. The van der Waals surface area contributed by atoms with Crippen molar-refractivity contribution in [3.63, 3.8) is 0 Å². The summed E-state index contributed by atoms with van der Waals surface area (Å²) in [4.78, 5) is 5.94. The van der Waals surface area contributed by atoms with Crippen molar-refractivity contribution in [2.45, 2.75) is 12.6 Å². The van der Waals surface area contributed by atoms with E-state index < -0.39 is 17.7 Å². The zero-order valence-corrected chi connectivity index (χ0v) is 17.6. The first-order valence-electron chi connectivity index (χ1n) is 8.18. The Balaban J connectivity index is 0.00000338. The van der Waals surface area contributed by atoms with E-state index in [0.717, 1.165) is 6.54 Å². The molecule has 2 N–H and O–H groups in total. The first kappa shape index (κ1) is 22.4. The van der Waals surface area contributed by atoms with Gasteiger partial charge in [-0.05, 0) is 38.4 Å². The SMILES string of the molecule is CN=C(NCCn1cccc1)NCC(c1c(F)cccc1F)N(C)C.I. The zero-order valence-electron chi connectivity index (χ0n) is 15.2. The molecule has 8 heteroatoms. The summed E-state index contributed by atoms with van der Waals surface area (Å²) in [5.74, 6) is -0.497. The summed E-state index contributed by atoms with van der Waals surface area (Å²) >= 11 is 0. The Bertz CT molecular complexity index is 669. The Morgan fingerprint density at radius 1 is 1.12 bits per heavy atom. The van der Waals surface area contributed by atoms with E-state index in [1.807, 2.05) is 24.5 Å². The van der Waals surface area contributed by atoms with Gasteiger partial charge in [-0.2, -0.15) is 0 Å². The van der Waals surface area contributed by atoms with Crippen molar-refractivity contribution in [2.24, 2.45) is 4.99 Å². The quantitative estimate of drug-likeness (QED) is 0.367. The van der Waals surface area contributed by atoms with Gasteiger partial charge < -0.3 is 20.1 Å². The molecule has 1 aromatic heterocycles. The second-order valence-electron chi connectivity index (χ2n) is 5.92. The zero-order chi connectivity index (χ0) is 18.2. The number of aromatic nitrogens is 1. The van der Waals surface area contributed by atoms with E-state index >= 15 is 0 Å². The summed E-state index contributed by atoms with van der Waals surface area (Å²) < 4.78 is 30.2. The summed E-state index contributed by atoms with van der Waals surface area (Å²) in [6.45, 7) is 1.82. The normalized spacial score (nSPS) is 12.6. The molecule has 0 radical (unpaired) electrons. The molecule has 0 aliphatic carbocycles. The van der Waals surface area contributed by atoms with Gasteiger partial charge in [-0.25, -0.2) is 8.78 Å². The summed E-state index contributed by atoms with van der Waals surface area (Å²) in [5, 5.41) is 6.33. The average Bonchev–Trinajstić information content (AvgIpc) is 3.08.